The van der Waals surface area contributed by atoms with Crippen LogP contribution >= 0.6 is 0 Å². The summed E-state index contributed by atoms with van der Waals surface area (Å²) in [5, 5.41) is 3.55. The zero-order chi connectivity index (χ0) is 15.1. The van der Waals surface area contributed by atoms with E-state index in [0.29, 0.717) is 0 Å². The average Bonchev–Trinajstić information content (AvgIpc) is 2.52. The molecule has 1 heterocycles. The molecule has 0 amide bonds. The number of anilines is 1. The first-order chi connectivity index (χ1) is 10.2. The van der Waals surface area contributed by atoms with Gasteiger partial charge in [-0.1, -0.05) is 25.1 Å². The quantitative estimate of drug-likeness (QED) is 0.834. The fourth-order valence-electron chi connectivity index (χ4n) is 3.31. The highest BCUT2D eigenvalue weighted by atomic mass is 16.5. The second-order valence-corrected chi connectivity index (χ2v) is 6.24. The molecular formula is C18H30N2O. The Hall–Kier alpha value is -1.06. The van der Waals surface area contributed by atoms with Gasteiger partial charge in [-0.3, -0.25) is 0 Å². The summed E-state index contributed by atoms with van der Waals surface area (Å²) >= 11 is 0. The molecule has 1 aliphatic heterocycles. The van der Waals surface area contributed by atoms with Gasteiger partial charge in [0.1, 0.15) is 0 Å². The smallest absolute Gasteiger partial charge is 0.0551 e. The van der Waals surface area contributed by atoms with Crippen molar-refractivity contribution in [2.75, 3.05) is 44.3 Å². The van der Waals surface area contributed by atoms with Crippen molar-refractivity contribution in [3.05, 3.63) is 29.8 Å². The van der Waals surface area contributed by atoms with E-state index in [4.69, 9.17) is 4.74 Å². The molecule has 0 spiro atoms. The van der Waals surface area contributed by atoms with Crippen LogP contribution in [0.25, 0.3) is 0 Å². The highest BCUT2D eigenvalue weighted by molar-refractivity contribution is 5.53. The SMILES string of the molecule is CCNCC1(CN(CC)c2ccccc2C)CCCOC1. The van der Waals surface area contributed by atoms with Crippen LogP contribution in [0.5, 0.6) is 0 Å². The number of hydrogen-bond donors (Lipinski definition) is 1. The minimum absolute atomic E-state index is 0.243. The van der Waals surface area contributed by atoms with Gasteiger partial charge >= 0.3 is 0 Å². The van der Waals surface area contributed by atoms with Gasteiger partial charge in [-0.05, 0) is 44.9 Å². The molecule has 1 aliphatic rings. The van der Waals surface area contributed by atoms with E-state index in [9.17, 15) is 0 Å². The highest BCUT2D eigenvalue weighted by Crippen LogP contribution is 2.31. The Morgan fingerprint density at radius 3 is 2.71 bits per heavy atom. The van der Waals surface area contributed by atoms with Crippen LogP contribution in [0.3, 0.4) is 0 Å². The Balaban J connectivity index is 2.15. The third-order valence-corrected chi connectivity index (χ3v) is 4.52. The summed E-state index contributed by atoms with van der Waals surface area (Å²) in [5.41, 5.74) is 2.96. The topological polar surface area (TPSA) is 24.5 Å². The molecule has 3 nitrogen and oxygen atoms in total. The van der Waals surface area contributed by atoms with Crippen LogP contribution in [-0.4, -0.2) is 39.4 Å². The molecule has 21 heavy (non-hydrogen) atoms. The molecule has 0 radical (unpaired) electrons. The molecule has 1 unspecified atom stereocenters. The van der Waals surface area contributed by atoms with Crippen LogP contribution < -0.4 is 10.2 Å². The first-order valence-corrected chi connectivity index (χ1v) is 8.30. The van der Waals surface area contributed by atoms with Crippen molar-refractivity contribution in [2.45, 2.75) is 33.6 Å². The number of benzene rings is 1. The summed E-state index contributed by atoms with van der Waals surface area (Å²) in [4.78, 5) is 2.52. The summed E-state index contributed by atoms with van der Waals surface area (Å²) in [7, 11) is 0. The molecule has 0 aliphatic carbocycles. The molecule has 0 saturated carbocycles. The van der Waals surface area contributed by atoms with E-state index in [-0.39, 0.29) is 5.41 Å². The lowest BCUT2D eigenvalue weighted by Crippen LogP contribution is -2.49. The Morgan fingerprint density at radius 1 is 1.29 bits per heavy atom. The second kappa shape index (κ2) is 7.81. The summed E-state index contributed by atoms with van der Waals surface area (Å²) in [6, 6.07) is 8.69. The van der Waals surface area contributed by atoms with E-state index in [1.54, 1.807) is 0 Å². The minimum atomic E-state index is 0.243. The predicted molar refractivity (Wildman–Crippen MR) is 90.1 cm³/mol. The zero-order valence-electron chi connectivity index (χ0n) is 13.8. The van der Waals surface area contributed by atoms with E-state index in [2.05, 4.69) is 55.3 Å². The molecule has 1 aromatic rings. The largest absolute Gasteiger partial charge is 0.381 e. The number of nitrogens with zero attached hydrogens (tertiary/aromatic N) is 1. The van der Waals surface area contributed by atoms with Crippen LogP contribution in [0.1, 0.15) is 32.3 Å². The van der Waals surface area contributed by atoms with Gasteiger partial charge in [0.15, 0.2) is 0 Å². The Bertz CT molecular complexity index is 427. The second-order valence-electron chi connectivity index (χ2n) is 6.24. The number of rotatable bonds is 7. The maximum Gasteiger partial charge on any atom is 0.0551 e. The lowest BCUT2D eigenvalue weighted by atomic mass is 9.81. The lowest BCUT2D eigenvalue weighted by molar-refractivity contribution is -0.00290. The predicted octanol–water partition coefficient (Wildman–Crippen LogP) is 3.23. The van der Waals surface area contributed by atoms with Gasteiger partial charge in [-0.2, -0.15) is 0 Å². The van der Waals surface area contributed by atoms with Crippen LogP contribution in [-0.2, 0) is 4.74 Å². The molecule has 1 atom stereocenters. The average molecular weight is 290 g/mol. The van der Waals surface area contributed by atoms with Crippen LogP contribution in [0.15, 0.2) is 24.3 Å². The summed E-state index contributed by atoms with van der Waals surface area (Å²) < 4.78 is 5.83. The fourth-order valence-corrected chi connectivity index (χ4v) is 3.31. The Kier molecular flexibility index (Phi) is 6.07. The van der Waals surface area contributed by atoms with Gasteiger partial charge in [0.05, 0.1) is 6.61 Å². The standard InChI is InChI=1S/C18H30N2O/c1-4-19-13-18(11-8-12-21-15-18)14-20(5-2)17-10-7-6-9-16(17)3/h6-7,9-10,19H,4-5,8,11-15H2,1-3H3. The van der Waals surface area contributed by atoms with E-state index < -0.39 is 0 Å². The molecule has 118 valence electrons. The molecule has 0 bridgehead atoms. The number of nitrogens with one attached hydrogen (secondary N) is 1. The van der Waals surface area contributed by atoms with Crippen LogP contribution in [0, 0.1) is 12.3 Å². The van der Waals surface area contributed by atoms with Gasteiger partial charge in [0.2, 0.25) is 0 Å². The molecule has 1 saturated heterocycles. The van der Waals surface area contributed by atoms with Crippen molar-refractivity contribution < 1.29 is 4.74 Å². The maximum absolute atomic E-state index is 5.83. The molecule has 0 aromatic heterocycles. The normalized spacial score (nSPS) is 22.2. The molecule has 1 fully saturated rings. The van der Waals surface area contributed by atoms with Gasteiger partial charge < -0.3 is 15.0 Å². The maximum atomic E-state index is 5.83. The number of para-hydroxylation sites is 1. The van der Waals surface area contributed by atoms with E-state index in [1.807, 2.05) is 0 Å². The molecule has 3 heteroatoms. The summed E-state index contributed by atoms with van der Waals surface area (Å²) in [6.45, 7) is 12.6. The van der Waals surface area contributed by atoms with Crippen molar-refractivity contribution in [3.63, 3.8) is 0 Å². The number of ether oxygens (including phenoxy) is 1. The van der Waals surface area contributed by atoms with Gasteiger partial charge in [0, 0.05) is 37.3 Å². The lowest BCUT2D eigenvalue weighted by Gasteiger charge is -2.42. The molecule has 2 rings (SSSR count). The third-order valence-electron chi connectivity index (χ3n) is 4.52. The van der Waals surface area contributed by atoms with Gasteiger partial charge in [-0.25, -0.2) is 0 Å². The first-order valence-electron chi connectivity index (χ1n) is 8.30. The summed E-state index contributed by atoms with van der Waals surface area (Å²) in [6.07, 6.45) is 2.43. The zero-order valence-corrected chi connectivity index (χ0v) is 13.8. The Labute approximate surface area is 129 Å². The highest BCUT2D eigenvalue weighted by Gasteiger charge is 2.34. The minimum Gasteiger partial charge on any atom is -0.381 e. The Morgan fingerprint density at radius 2 is 2.10 bits per heavy atom. The van der Waals surface area contributed by atoms with Crippen molar-refractivity contribution in [1.29, 1.82) is 0 Å². The van der Waals surface area contributed by atoms with Crippen LogP contribution in [0.2, 0.25) is 0 Å². The van der Waals surface area contributed by atoms with E-state index in [1.165, 1.54) is 24.1 Å². The third kappa shape index (κ3) is 4.21. The van der Waals surface area contributed by atoms with Gasteiger partial charge in [-0.15, -0.1) is 0 Å². The summed E-state index contributed by atoms with van der Waals surface area (Å²) in [5.74, 6) is 0. The van der Waals surface area contributed by atoms with Crippen molar-refractivity contribution >= 4 is 5.69 Å². The molecular weight excluding hydrogens is 260 g/mol. The molecule has 1 aromatic carbocycles. The van der Waals surface area contributed by atoms with E-state index in [0.717, 1.165) is 39.4 Å². The number of hydrogen-bond acceptors (Lipinski definition) is 3. The first kappa shape index (κ1) is 16.3. The van der Waals surface area contributed by atoms with Crippen molar-refractivity contribution in [2.24, 2.45) is 5.41 Å². The molecule has 1 N–H and O–H groups in total. The fraction of sp³-hybridized carbons (Fsp3) is 0.667. The van der Waals surface area contributed by atoms with Crippen molar-refractivity contribution in [1.82, 2.24) is 5.32 Å². The monoisotopic (exact) mass is 290 g/mol. The van der Waals surface area contributed by atoms with Gasteiger partial charge in [0.25, 0.3) is 0 Å². The van der Waals surface area contributed by atoms with Crippen LogP contribution in [0.4, 0.5) is 5.69 Å². The van der Waals surface area contributed by atoms with Crippen molar-refractivity contribution in [3.8, 4) is 0 Å². The number of aryl methyl sites for hydroxylation is 1. The van der Waals surface area contributed by atoms with E-state index >= 15 is 0 Å².